The summed E-state index contributed by atoms with van der Waals surface area (Å²) in [6.07, 6.45) is -1.44. The maximum absolute atomic E-state index is 11.7. The number of ketones is 1. The molecule has 0 bridgehead atoms. The van der Waals surface area contributed by atoms with Crippen LogP contribution in [0.4, 0.5) is 0 Å². The van der Waals surface area contributed by atoms with Crippen molar-refractivity contribution in [1.82, 2.24) is 5.32 Å². The Morgan fingerprint density at radius 2 is 1.84 bits per heavy atom. The molecule has 1 unspecified atom stereocenters. The van der Waals surface area contributed by atoms with Gasteiger partial charge in [-0.25, -0.2) is 0 Å². The highest BCUT2D eigenvalue weighted by atomic mass is 16.5. The highest BCUT2D eigenvalue weighted by Gasteiger charge is 2.34. The number of amides is 1. The summed E-state index contributed by atoms with van der Waals surface area (Å²) in [5, 5.41) is 21.1. The van der Waals surface area contributed by atoms with Crippen molar-refractivity contribution in [3.63, 3.8) is 0 Å². The molecule has 0 aromatic heterocycles. The second kappa shape index (κ2) is 7.20. The van der Waals surface area contributed by atoms with Gasteiger partial charge in [0.25, 0.3) is 0 Å². The molecule has 0 spiro atoms. The number of carbonyl (C=O) groups is 3. The van der Waals surface area contributed by atoms with Crippen molar-refractivity contribution in [2.45, 2.75) is 26.9 Å². The lowest BCUT2D eigenvalue weighted by atomic mass is 9.87. The lowest BCUT2D eigenvalue weighted by molar-refractivity contribution is -0.149. The number of carbonyl (C=O) groups excluding carboxylic acids is 3. The molecule has 0 aliphatic rings. The number of aliphatic hydroxyl groups is 2. The summed E-state index contributed by atoms with van der Waals surface area (Å²) < 4.78 is 4.44. The van der Waals surface area contributed by atoms with Crippen LogP contribution in [0.2, 0.25) is 0 Å². The molecule has 0 saturated carbocycles. The van der Waals surface area contributed by atoms with Gasteiger partial charge in [-0.2, -0.15) is 0 Å². The Balaban J connectivity index is 4.58. The van der Waals surface area contributed by atoms with E-state index < -0.39 is 35.1 Å². The standard InChI is InChI=1S/C12H21NO6/c1-7(15)8(11(18)19-4)5-13-10(17)9(16)12(2,3)6-14/h8-9,14,16H,5-6H2,1-4H3,(H,13,17)/t8?,9-/m0/s1. The lowest BCUT2D eigenvalue weighted by Gasteiger charge is -2.27. The average molecular weight is 275 g/mol. The van der Waals surface area contributed by atoms with Gasteiger partial charge in [-0.15, -0.1) is 0 Å². The van der Waals surface area contributed by atoms with Crippen LogP contribution in [0.5, 0.6) is 0 Å². The molecule has 1 amide bonds. The van der Waals surface area contributed by atoms with Crippen molar-refractivity contribution in [3.8, 4) is 0 Å². The number of nitrogens with one attached hydrogen (secondary N) is 1. The smallest absolute Gasteiger partial charge is 0.318 e. The van der Waals surface area contributed by atoms with Crippen LogP contribution in [-0.2, 0) is 19.1 Å². The Morgan fingerprint density at radius 1 is 1.32 bits per heavy atom. The van der Waals surface area contributed by atoms with Gasteiger partial charge in [0.15, 0.2) is 0 Å². The van der Waals surface area contributed by atoms with Crippen LogP contribution in [0.1, 0.15) is 20.8 Å². The summed E-state index contributed by atoms with van der Waals surface area (Å²) in [7, 11) is 1.14. The third kappa shape index (κ3) is 4.96. The fourth-order valence-corrected chi connectivity index (χ4v) is 1.28. The summed E-state index contributed by atoms with van der Waals surface area (Å²) >= 11 is 0. The van der Waals surface area contributed by atoms with E-state index in [0.717, 1.165) is 7.11 Å². The Hall–Kier alpha value is -1.47. The molecular formula is C12H21NO6. The maximum atomic E-state index is 11.7. The van der Waals surface area contributed by atoms with Crippen molar-refractivity contribution in [3.05, 3.63) is 0 Å². The van der Waals surface area contributed by atoms with Crippen LogP contribution in [-0.4, -0.2) is 54.2 Å². The predicted molar refractivity (Wildman–Crippen MR) is 66.1 cm³/mol. The maximum Gasteiger partial charge on any atom is 0.318 e. The van der Waals surface area contributed by atoms with Gasteiger partial charge in [0, 0.05) is 12.0 Å². The SMILES string of the molecule is COC(=O)C(CNC(=O)[C@H](O)C(C)(C)CO)C(C)=O. The van der Waals surface area contributed by atoms with Gasteiger partial charge in [-0.1, -0.05) is 13.8 Å². The van der Waals surface area contributed by atoms with Crippen molar-refractivity contribution in [1.29, 1.82) is 0 Å². The highest BCUT2D eigenvalue weighted by molar-refractivity contribution is 5.98. The van der Waals surface area contributed by atoms with E-state index in [1.807, 2.05) is 0 Å². The zero-order chi connectivity index (χ0) is 15.2. The number of ether oxygens (including phenoxy) is 1. The van der Waals surface area contributed by atoms with Crippen LogP contribution < -0.4 is 5.32 Å². The van der Waals surface area contributed by atoms with E-state index in [1.165, 1.54) is 20.8 Å². The van der Waals surface area contributed by atoms with Gasteiger partial charge in [0.2, 0.25) is 5.91 Å². The first-order valence-corrected chi connectivity index (χ1v) is 5.82. The largest absolute Gasteiger partial charge is 0.468 e. The summed E-state index contributed by atoms with van der Waals surface area (Å²) in [4.78, 5) is 34.2. The minimum atomic E-state index is -1.44. The minimum absolute atomic E-state index is 0.251. The molecule has 19 heavy (non-hydrogen) atoms. The van der Waals surface area contributed by atoms with E-state index in [9.17, 15) is 19.5 Å². The van der Waals surface area contributed by atoms with Crippen LogP contribution in [0.25, 0.3) is 0 Å². The molecule has 0 radical (unpaired) electrons. The second-order valence-corrected chi connectivity index (χ2v) is 4.98. The molecule has 0 fully saturated rings. The molecule has 7 nitrogen and oxygen atoms in total. The van der Waals surface area contributed by atoms with Crippen molar-refractivity contribution in [2.75, 3.05) is 20.3 Å². The first-order chi connectivity index (χ1) is 8.67. The average Bonchev–Trinajstić information content (AvgIpc) is 2.36. The first kappa shape index (κ1) is 17.5. The van der Waals surface area contributed by atoms with Gasteiger partial charge < -0.3 is 20.3 Å². The quantitative estimate of drug-likeness (QED) is 0.400. The molecular weight excluding hydrogens is 254 g/mol. The molecule has 110 valence electrons. The number of rotatable bonds is 7. The monoisotopic (exact) mass is 275 g/mol. The summed E-state index contributed by atoms with van der Waals surface area (Å²) in [5.41, 5.74) is -1.01. The number of Topliss-reactive ketones (excluding diaryl/α,β-unsaturated/α-hetero) is 1. The number of aliphatic hydroxyl groups excluding tert-OH is 2. The molecule has 0 aliphatic heterocycles. The van der Waals surface area contributed by atoms with Gasteiger partial charge >= 0.3 is 5.97 Å². The zero-order valence-electron chi connectivity index (χ0n) is 11.6. The van der Waals surface area contributed by atoms with E-state index in [1.54, 1.807) is 0 Å². The molecule has 0 aliphatic carbocycles. The fraction of sp³-hybridized carbons (Fsp3) is 0.750. The van der Waals surface area contributed by atoms with Crippen LogP contribution >= 0.6 is 0 Å². The molecule has 7 heteroatoms. The van der Waals surface area contributed by atoms with Crippen LogP contribution in [0, 0.1) is 11.3 Å². The van der Waals surface area contributed by atoms with E-state index in [0.29, 0.717) is 0 Å². The van der Waals surface area contributed by atoms with E-state index in [2.05, 4.69) is 10.1 Å². The Labute approximate surface area is 111 Å². The minimum Gasteiger partial charge on any atom is -0.468 e. The number of hydrogen-bond donors (Lipinski definition) is 3. The van der Waals surface area contributed by atoms with Crippen LogP contribution in [0.15, 0.2) is 0 Å². The Morgan fingerprint density at radius 3 is 2.21 bits per heavy atom. The Kier molecular flexibility index (Phi) is 6.64. The molecule has 0 aromatic rings. The Bertz CT molecular complexity index is 352. The number of hydrogen-bond acceptors (Lipinski definition) is 6. The number of methoxy groups -OCH3 is 1. The normalized spacial score (nSPS) is 14.4. The van der Waals surface area contributed by atoms with Gasteiger partial charge in [-0.3, -0.25) is 14.4 Å². The topological polar surface area (TPSA) is 113 Å². The zero-order valence-corrected chi connectivity index (χ0v) is 11.6. The van der Waals surface area contributed by atoms with E-state index in [4.69, 9.17) is 5.11 Å². The van der Waals surface area contributed by atoms with Crippen LogP contribution in [0.3, 0.4) is 0 Å². The molecule has 0 aromatic carbocycles. The molecule has 3 N–H and O–H groups in total. The summed E-state index contributed by atoms with van der Waals surface area (Å²) in [6, 6.07) is 0. The van der Waals surface area contributed by atoms with Crippen molar-refractivity contribution >= 4 is 17.7 Å². The predicted octanol–water partition coefficient (Wildman–Crippen LogP) is -1.14. The number of esters is 1. The summed E-state index contributed by atoms with van der Waals surface area (Å²) in [6.45, 7) is 3.61. The van der Waals surface area contributed by atoms with Gasteiger partial charge in [0.05, 0.1) is 13.7 Å². The van der Waals surface area contributed by atoms with E-state index in [-0.39, 0.29) is 13.2 Å². The molecule has 0 rings (SSSR count). The first-order valence-electron chi connectivity index (χ1n) is 5.82. The fourth-order valence-electron chi connectivity index (χ4n) is 1.28. The van der Waals surface area contributed by atoms with E-state index >= 15 is 0 Å². The lowest BCUT2D eigenvalue weighted by Crippen LogP contribution is -2.48. The molecule has 0 heterocycles. The summed E-state index contributed by atoms with van der Waals surface area (Å²) in [5.74, 6) is -3.04. The third-order valence-electron chi connectivity index (χ3n) is 2.85. The van der Waals surface area contributed by atoms with Gasteiger partial charge in [0.1, 0.15) is 17.8 Å². The molecule has 0 saturated heterocycles. The third-order valence-corrected chi connectivity index (χ3v) is 2.85. The highest BCUT2D eigenvalue weighted by Crippen LogP contribution is 2.19. The van der Waals surface area contributed by atoms with Crippen molar-refractivity contribution in [2.24, 2.45) is 11.3 Å². The second-order valence-electron chi connectivity index (χ2n) is 4.98. The van der Waals surface area contributed by atoms with Crippen molar-refractivity contribution < 1.29 is 29.3 Å². The molecule has 2 atom stereocenters. The van der Waals surface area contributed by atoms with Gasteiger partial charge in [-0.05, 0) is 6.92 Å².